The van der Waals surface area contributed by atoms with Crippen LogP contribution < -0.4 is 26.8 Å². The lowest BCUT2D eigenvalue weighted by atomic mass is 9.87. The summed E-state index contributed by atoms with van der Waals surface area (Å²) in [6.45, 7) is 3.71. The standard InChI is InChI=1S/C28H32N4O5/c1-15(2)21(27(36)30-19-13-7-10-16-9-5-6-11-17(16)19)31-23-22(25(34)26(23)35)29-20-14-8-12-18(24(20)33)28(37)32(3)4/h5-6,8-9,11-12,14-15,19,21,29,31,33H,7,10,13H2,1-4H3,(H,30,36)/t19-,21-/m1/s1. The molecule has 3 aromatic carbocycles. The van der Waals surface area contributed by atoms with Crippen molar-refractivity contribution in [1.82, 2.24) is 10.2 Å². The zero-order chi connectivity index (χ0) is 26.9. The third-order valence-electron chi connectivity index (χ3n) is 6.78. The van der Waals surface area contributed by atoms with Crippen LogP contribution in [0.3, 0.4) is 0 Å². The minimum absolute atomic E-state index is 0.0216. The van der Waals surface area contributed by atoms with Crippen molar-refractivity contribution in [3.63, 3.8) is 0 Å². The quantitative estimate of drug-likeness (QED) is 0.274. The van der Waals surface area contributed by atoms with E-state index >= 15 is 0 Å². The van der Waals surface area contributed by atoms with E-state index in [1.807, 2.05) is 32.0 Å². The molecule has 1 aliphatic rings. The van der Waals surface area contributed by atoms with Gasteiger partial charge in [0.1, 0.15) is 17.4 Å². The number of hydrogen-bond donors (Lipinski definition) is 4. The van der Waals surface area contributed by atoms with E-state index in [1.165, 1.54) is 22.6 Å². The minimum atomic E-state index is -0.770. The van der Waals surface area contributed by atoms with Gasteiger partial charge in [-0.1, -0.05) is 44.2 Å². The average Bonchev–Trinajstić information content (AvgIpc) is 2.88. The van der Waals surface area contributed by atoms with Gasteiger partial charge in [-0.2, -0.15) is 0 Å². The van der Waals surface area contributed by atoms with Gasteiger partial charge in [-0.15, -0.1) is 0 Å². The molecule has 0 bridgehead atoms. The molecule has 37 heavy (non-hydrogen) atoms. The van der Waals surface area contributed by atoms with Crippen LogP contribution in [-0.2, 0) is 11.2 Å². The number of amides is 2. The van der Waals surface area contributed by atoms with Gasteiger partial charge >= 0.3 is 0 Å². The topological polar surface area (TPSA) is 128 Å². The number of nitrogens with zero attached hydrogens (tertiary/aromatic N) is 1. The maximum absolute atomic E-state index is 13.3. The second kappa shape index (κ2) is 10.5. The van der Waals surface area contributed by atoms with Crippen molar-refractivity contribution in [2.45, 2.75) is 45.2 Å². The second-order valence-electron chi connectivity index (χ2n) is 9.95. The first-order chi connectivity index (χ1) is 17.6. The predicted molar refractivity (Wildman–Crippen MR) is 143 cm³/mol. The summed E-state index contributed by atoms with van der Waals surface area (Å²) in [4.78, 5) is 51.9. The molecular weight excluding hydrogens is 472 g/mol. The SMILES string of the molecule is CC(C)[C@@H](Nc1c(Nc2cccc(C(=O)N(C)C)c2O)c(=O)c1=O)C(=O)N[C@@H]1CCCc2ccccc21. The number of para-hydroxylation sites is 1. The van der Waals surface area contributed by atoms with Gasteiger partial charge in [-0.05, 0) is 48.4 Å². The molecule has 2 amide bonds. The first kappa shape index (κ1) is 25.9. The molecular formula is C28H32N4O5. The van der Waals surface area contributed by atoms with Crippen LogP contribution >= 0.6 is 0 Å². The van der Waals surface area contributed by atoms with Crippen LogP contribution in [0.1, 0.15) is 54.2 Å². The Balaban J connectivity index is 1.56. The highest BCUT2D eigenvalue weighted by Gasteiger charge is 2.31. The molecule has 0 aromatic heterocycles. The largest absolute Gasteiger partial charge is 0.505 e. The number of carbonyl (C=O) groups excluding carboxylic acids is 2. The Bertz CT molecular complexity index is 1400. The summed E-state index contributed by atoms with van der Waals surface area (Å²) >= 11 is 0. The van der Waals surface area contributed by atoms with E-state index in [0.29, 0.717) is 0 Å². The van der Waals surface area contributed by atoms with Crippen LogP contribution in [0.25, 0.3) is 0 Å². The van der Waals surface area contributed by atoms with E-state index in [2.05, 4.69) is 22.0 Å². The summed E-state index contributed by atoms with van der Waals surface area (Å²) < 4.78 is 0. The van der Waals surface area contributed by atoms with Crippen molar-refractivity contribution >= 4 is 28.9 Å². The van der Waals surface area contributed by atoms with Crippen molar-refractivity contribution < 1.29 is 14.7 Å². The number of aromatic hydroxyl groups is 1. The maximum Gasteiger partial charge on any atom is 0.257 e. The summed E-state index contributed by atoms with van der Waals surface area (Å²) in [7, 11) is 3.12. The Morgan fingerprint density at radius 2 is 1.70 bits per heavy atom. The molecule has 0 aliphatic heterocycles. The van der Waals surface area contributed by atoms with Crippen molar-refractivity contribution in [3.05, 3.63) is 79.6 Å². The van der Waals surface area contributed by atoms with Gasteiger partial charge in [0.15, 0.2) is 5.75 Å². The third-order valence-corrected chi connectivity index (χ3v) is 6.78. The lowest BCUT2D eigenvalue weighted by Crippen LogP contribution is -2.48. The van der Waals surface area contributed by atoms with Gasteiger partial charge in [0.25, 0.3) is 16.8 Å². The molecule has 3 aromatic rings. The van der Waals surface area contributed by atoms with E-state index in [1.54, 1.807) is 20.2 Å². The Hall–Kier alpha value is -4.14. The van der Waals surface area contributed by atoms with Gasteiger partial charge in [0.2, 0.25) is 5.91 Å². The van der Waals surface area contributed by atoms with E-state index in [-0.39, 0.29) is 46.2 Å². The van der Waals surface area contributed by atoms with Crippen molar-refractivity contribution in [3.8, 4) is 5.75 Å². The van der Waals surface area contributed by atoms with Gasteiger partial charge in [-0.3, -0.25) is 19.2 Å². The van der Waals surface area contributed by atoms with Gasteiger partial charge in [0, 0.05) is 14.1 Å². The molecule has 0 unspecified atom stereocenters. The van der Waals surface area contributed by atoms with Crippen LogP contribution in [0.15, 0.2) is 52.1 Å². The number of phenolic OH excluding ortho intramolecular Hbond substituents is 1. The number of benzene rings is 2. The summed E-state index contributed by atoms with van der Waals surface area (Å²) in [5.74, 6) is -1.21. The number of phenols is 1. The number of carbonyl (C=O) groups is 2. The normalized spacial score (nSPS) is 15.6. The molecule has 4 N–H and O–H groups in total. The number of hydrogen-bond acceptors (Lipinski definition) is 7. The number of aryl methyl sites for hydroxylation is 1. The van der Waals surface area contributed by atoms with E-state index in [0.717, 1.165) is 24.8 Å². The van der Waals surface area contributed by atoms with Crippen molar-refractivity contribution in [1.29, 1.82) is 0 Å². The molecule has 9 nitrogen and oxygen atoms in total. The van der Waals surface area contributed by atoms with E-state index in [4.69, 9.17) is 0 Å². The van der Waals surface area contributed by atoms with Crippen LogP contribution in [0.4, 0.5) is 17.1 Å². The Kier molecular flexibility index (Phi) is 7.33. The molecule has 0 saturated carbocycles. The predicted octanol–water partition coefficient (Wildman–Crippen LogP) is 3.06. The minimum Gasteiger partial charge on any atom is -0.505 e. The molecule has 0 saturated heterocycles. The highest BCUT2D eigenvalue weighted by molar-refractivity contribution is 5.99. The van der Waals surface area contributed by atoms with Gasteiger partial charge < -0.3 is 26.0 Å². The fourth-order valence-corrected chi connectivity index (χ4v) is 4.70. The zero-order valence-electron chi connectivity index (χ0n) is 21.4. The molecule has 194 valence electrons. The van der Waals surface area contributed by atoms with E-state index in [9.17, 15) is 24.3 Å². The second-order valence-corrected chi connectivity index (χ2v) is 9.95. The van der Waals surface area contributed by atoms with Gasteiger partial charge in [0.05, 0.1) is 17.3 Å². The first-order valence-corrected chi connectivity index (χ1v) is 12.4. The van der Waals surface area contributed by atoms with Gasteiger partial charge in [-0.25, -0.2) is 0 Å². The number of fused-ring (bicyclic) bond motifs is 1. The number of anilines is 3. The number of rotatable bonds is 8. The van der Waals surface area contributed by atoms with Crippen LogP contribution in [0, 0.1) is 5.92 Å². The van der Waals surface area contributed by atoms with Crippen LogP contribution in [0.2, 0.25) is 0 Å². The highest BCUT2D eigenvalue weighted by Crippen LogP contribution is 2.33. The first-order valence-electron chi connectivity index (χ1n) is 12.4. The highest BCUT2D eigenvalue weighted by atomic mass is 16.3. The Morgan fingerprint density at radius 1 is 1.00 bits per heavy atom. The smallest absolute Gasteiger partial charge is 0.257 e. The van der Waals surface area contributed by atoms with Crippen molar-refractivity contribution in [2.24, 2.45) is 5.92 Å². The molecule has 0 spiro atoms. The average molecular weight is 505 g/mol. The zero-order valence-corrected chi connectivity index (χ0v) is 21.4. The maximum atomic E-state index is 13.3. The summed E-state index contributed by atoms with van der Waals surface area (Å²) in [5.41, 5.74) is 0.880. The fourth-order valence-electron chi connectivity index (χ4n) is 4.70. The van der Waals surface area contributed by atoms with Crippen molar-refractivity contribution in [2.75, 3.05) is 24.7 Å². The molecule has 1 aliphatic carbocycles. The number of nitrogens with one attached hydrogen (secondary N) is 3. The molecule has 0 radical (unpaired) electrons. The van der Waals surface area contributed by atoms with Crippen LogP contribution in [0.5, 0.6) is 5.75 Å². The monoisotopic (exact) mass is 504 g/mol. The summed E-state index contributed by atoms with van der Waals surface area (Å²) in [6.07, 6.45) is 2.76. The fraction of sp³-hybridized carbons (Fsp3) is 0.357. The lowest BCUT2D eigenvalue weighted by molar-refractivity contribution is -0.123. The lowest BCUT2D eigenvalue weighted by Gasteiger charge is -2.30. The summed E-state index contributed by atoms with van der Waals surface area (Å²) in [6, 6.07) is 11.7. The Labute approximate surface area is 215 Å². The van der Waals surface area contributed by atoms with Crippen LogP contribution in [-0.4, -0.2) is 42.0 Å². The molecule has 4 rings (SSSR count). The third kappa shape index (κ3) is 5.07. The van der Waals surface area contributed by atoms with E-state index < -0.39 is 22.8 Å². The molecule has 2 atom stereocenters. The molecule has 0 heterocycles. The Morgan fingerprint density at radius 3 is 2.41 bits per heavy atom. The summed E-state index contributed by atoms with van der Waals surface area (Å²) in [5, 5.41) is 19.5. The molecule has 9 heteroatoms. The molecule has 0 fully saturated rings.